The molecule has 0 bridgehead atoms. The van der Waals surface area contributed by atoms with Gasteiger partial charge in [0.1, 0.15) is 0 Å². The highest BCUT2D eigenvalue weighted by atomic mass is 32.1. The maximum atomic E-state index is 12.9. The summed E-state index contributed by atoms with van der Waals surface area (Å²) in [5.74, 6) is -0.311. The molecule has 1 amide bonds. The van der Waals surface area contributed by atoms with Crippen molar-refractivity contribution in [2.45, 2.75) is 11.0 Å². The molecule has 0 saturated carbocycles. The summed E-state index contributed by atoms with van der Waals surface area (Å²) in [6.07, 6.45) is -4.43. The van der Waals surface area contributed by atoms with Crippen LogP contribution in [-0.4, -0.2) is 49.4 Å². The lowest BCUT2D eigenvalue weighted by Gasteiger charge is -2.52. The van der Waals surface area contributed by atoms with E-state index in [9.17, 15) is 18.0 Å². The number of fused-ring (bicyclic) bond motifs is 3. The molecule has 3 rings (SSSR count). The van der Waals surface area contributed by atoms with E-state index in [-0.39, 0.29) is 11.6 Å². The van der Waals surface area contributed by atoms with Crippen LogP contribution < -0.4 is 9.80 Å². The largest absolute Gasteiger partial charge is 0.416 e. The van der Waals surface area contributed by atoms with Gasteiger partial charge in [0, 0.05) is 26.7 Å². The maximum absolute atomic E-state index is 12.9. The third-order valence-corrected chi connectivity index (χ3v) is 4.82. The number of hydrogen-bond acceptors (Lipinski definition) is 4. The minimum Gasteiger partial charge on any atom is -0.345 e. The van der Waals surface area contributed by atoms with Gasteiger partial charge in [0.15, 0.2) is 4.87 Å². The summed E-state index contributed by atoms with van der Waals surface area (Å²) in [5.41, 5.74) is 0.124. The second-order valence-electron chi connectivity index (χ2n) is 5.77. The predicted octanol–water partition coefficient (Wildman–Crippen LogP) is 2.06. The number of amides is 1. The Balaban J connectivity index is 2.13. The molecule has 0 spiro atoms. The topological polar surface area (TPSA) is 26.8 Å². The van der Waals surface area contributed by atoms with Crippen molar-refractivity contribution in [1.82, 2.24) is 4.90 Å². The van der Waals surface area contributed by atoms with E-state index in [0.717, 1.165) is 18.7 Å². The molecular weight excluding hydrogens is 315 g/mol. The number of thiol groups is 1. The van der Waals surface area contributed by atoms with Gasteiger partial charge in [0.2, 0.25) is 0 Å². The van der Waals surface area contributed by atoms with Crippen LogP contribution >= 0.6 is 12.6 Å². The second kappa shape index (κ2) is 4.79. The van der Waals surface area contributed by atoms with E-state index in [1.807, 2.05) is 11.9 Å². The number of nitrogens with zero attached hydrogens (tertiary/aromatic N) is 3. The number of hydrogen-bond donors (Lipinski definition) is 1. The molecule has 1 aromatic rings. The number of likely N-dealkylation sites (N-methyl/N-ethyl adjacent to an activating group) is 2. The Morgan fingerprint density at radius 1 is 1.18 bits per heavy atom. The van der Waals surface area contributed by atoms with Crippen LogP contribution in [-0.2, 0) is 11.0 Å². The molecule has 22 heavy (non-hydrogen) atoms. The van der Waals surface area contributed by atoms with Gasteiger partial charge in [-0.3, -0.25) is 4.79 Å². The van der Waals surface area contributed by atoms with Crippen LogP contribution in [0.2, 0.25) is 0 Å². The fourth-order valence-corrected chi connectivity index (χ4v) is 3.67. The van der Waals surface area contributed by atoms with E-state index < -0.39 is 16.6 Å². The molecule has 2 aliphatic heterocycles. The van der Waals surface area contributed by atoms with Crippen molar-refractivity contribution in [1.29, 1.82) is 0 Å². The molecule has 1 saturated heterocycles. The average molecular weight is 331 g/mol. The number of halogens is 3. The molecule has 120 valence electrons. The van der Waals surface area contributed by atoms with Crippen molar-refractivity contribution >= 4 is 29.9 Å². The van der Waals surface area contributed by atoms with Gasteiger partial charge in [-0.25, -0.2) is 0 Å². The zero-order valence-corrected chi connectivity index (χ0v) is 13.1. The summed E-state index contributed by atoms with van der Waals surface area (Å²) in [6, 6.07) is 3.51. The lowest BCUT2D eigenvalue weighted by atomic mass is 10.0. The highest BCUT2D eigenvalue weighted by Crippen LogP contribution is 2.45. The molecule has 0 radical (unpaired) electrons. The van der Waals surface area contributed by atoms with Crippen LogP contribution in [0.4, 0.5) is 24.5 Å². The first-order valence-electron chi connectivity index (χ1n) is 6.82. The molecule has 0 N–H and O–H groups in total. The van der Waals surface area contributed by atoms with Crippen LogP contribution in [0.5, 0.6) is 0 Å². The van der Waals surface area contributed by atoms with Crippen molar-refractivity contribution in [3.63, 3.8) is 0 Å². The Bertz CT molecular complexity index is 636. The Morgan fingerprint density at radius 3 is 2.50 bits per heavy atom. The van der Waals surface area contributed by atoms with Crippen molar-refractivity contribution in [2.75, 3.05) is 43.5 Å². The van der Waals surface area contributed by atoms with E-state index in [4.69, 9.17) is 0 Å². The first kappa shape index (κ1) is 15.5. The molecule has 0 unspecified atom stereocenters. The number of rotatable bonds is 0. The molecule has 0 aromatic heterocycles. The lowest BCUT2D eigenvalue weighted by Crippen LogP contribution is -2.68. The molecule has 2 heterocycles. The Labute approximate surface area is 131 Å². The second-order valence-corrected chi connectivity index (χ2v) is 6.51. The first-order valence-corrected chi connectivity index (χ1v) is 7.27. The Kier molecular flexibility index (Phi) is 3.37. The van der Waals surface area contributed by atoms with Gasteiger partial charge >= 0.3 is 6.18 Å². The normalized spacial score (nSPS) is 26.0. The van der Waals surface area contributed by atoms with Gasteiger partial charge < -0.3 is 14.7 Å². The third-order valence-electron chi connectivity index (χ3n) is 4.24. The SMILES string of the molecule is CN1CCN2c3ccc(C(F)(F)F)cc3N(C)C(=O)[C@@]2(S)C1. The van der Waals surface area contributed by atoms with Crippen molar-refractivity contribution in [2.24, 2.45) is 0 Å². The van der Waals surface area contributed by atoms with Crippen LogP contribution in [0, 0.1) is 0 Å². The van der Waals surface area contributed by atoms with Gasteiger partial charge in [0.05, 0.1) is 16.9 Å². The monoisotopic (exact) mass is 331 g/mol. The maximum Gasteiger partial charge on any atom is 0.416 e. The van der Waals surface area contributed by atoms with Gasteiger partial charge in [0.25, 0.3) is 5.91 Å². The minimum absolute atomic E-state index is 0.272. The summed E-state index contributed by atoms with van der Waals surface area (Å²) in [4.78, 5) is 16.7. The summed E-state index contributed by atoms with van der Waals surface area (Å²) in [7, 11) is 3.39. The summed E-state index contributed by atoms with van der Waals surface area (Å²) < 4.78 is 38.7. The standard InChI is InChI=1S/C14H16F3N3OS/c1-18-5-6-20-10-4-3-9(14(15,16)17)7-11(10)19(2)12(21)13(20,22)8-18/h3-4,7,22H,5-6,8H2,1-2H3/t13-/m0/s1. The highest BCUT2D eigenvalue weighted by Gasteiger charge is 2.50. The summed E-state index contributed by atoms with van der Waals surface area (Å²) in [6.45, 7) is 1.68. The van der Waals surface area contributed by atoms with Crippen LogP contribution in [0.1, 0.15) is 5.56 Å². The molecule has 2 aliphatic rings. The first-order chi connectivity index (χ1) is 10.1. The summed E-state index contributed by atoms with van der Waals surface area (Å²) in [5, 5.41) is 0. The number of anilines is 2. The van der Waals surface area contributed by atoms with E-state index in [1.165, 1.54) is 18.0 Å². The number of benzene rings is 1. The van der Waals surface area contributed by atoms with Crippen molar-refractivity contribution in [3.05, 3.63) is 23.8 Å². The quantitative estimate of drug-likeness (QED) is 0.737. The van der Waals surface area contributed by atoms with Gasteiger partial charge in [-0.05, 0) is 25.2 Å². The molecule has 1 atom stereocenters. The molecule has 0 aliphatic carbocycles. The Morgan fingerprint density at radius 2 is 1.86 bits per heavy atom. The molecular formula is C14H16F3N3OS. The van der Waals surface area contributed by atoms with Gasteiger partial charge in [-0.1, -0.05) is 0 Å². The van der Waals surface area contributed by atoms with Crippen LogP contribution in [0.25, 0.3) is 0 Å². The number of carbonyl (C=O) groups is 1. The molecule has 8 heteroatoms. The average Bonchev–Trinajstić information content (AvgIpc) is 2.43. The summed E-state index contributed by atoms with van der Waals surface area (Å²) >= 11 is 4.57. The van der Waals surface area contributed by atoms with Crippen molar-refractivity contribution in [3.8, 4) is 0 Å². The Hall–Kier alpha value is -1.41. The fourth-order valence-electron chi connectivity index (χ4n) is 3.07. The van der Waals surface area contributed by atoms with Crippen LogP contribution in [0.3, 0.4) is 0 Å². The molecule has 4 nitrogen and oxygen atoms in total. The predicted molar refractivity (Wildman–Crippen MR) is 81.4 cm³/mol. The van der Waals surface area contributed by atoms with Gasteiger partial charge in [-0.2, -0.15) is 13.2 Å². The van der Waals surface area contributed by atoms with E-state index in [1.54, 1.807) is 4.90 Å². The van der Waals surface area contributed by atoms with E-state index in [2.05, 4.69) is 12.6 Å². The number of piperazine rings is 1. The van der Waals surface area contributed by atoms with E-state index >= 15 is 0 Å². The van der Waals surface area contributed by atoms with Gasteiger partial charge in [-0.15, -0.1) is 12.6 Å². The zero-order valence-electron chi connectivity index (χ0n) is 12.2. The van der Waals surface area contributed by atoms with Crippen molar-refractivity contribution < 1.29 is 18.0 Å². The van der Waals surface area contributed by atoms with E-state index in [0.29, 0.717) is 18.8 Å². The minimum atomic E-state index is -4.43. The van der Waals surface area contributed by atoms with Crippen LogP contribution in [0.15, 0.2) is 18.2 Å². The zero-order chi connectivity index (χ0) is 16.3. The third kappa shape index (κ3) is 2.16. The molecule has 1 aromatic carbocycles. The number of carbonyl (C=O) groups excluding carboxylic acids is 1. The smallest absolute Gasteiger partial charge is 0.345 e. The molecule has 1 fully saturated rings. The number of alkyl halides is 3. The fraction of sp³-hybridized carbons (Fsp3) is 0.500. The lowest BCUT2D eigenvalue weighted by molar-refractivity contribution is -0.137. The highest BCUT2D eigenvalue weighted by molar-refractivity contribution is 7.83.